The maximum Gasteiger partial charge on any atom is 0.0294 e. The van der Waals surface area contributed by atoms with Crippen LogP contribution < -0.4 is 0 Å². The molecule has 25 radical (unpaired) electrons. The Morgan fingerprint density at radius 3 is 0.913 bits per heavy atom. The maximum absolute atomic E-state index is 6.03. The maximum atomic E-state index is 6.03. The fourth-order valence-electron chi connectivity index (χ4n) is 3.21. The van der Waals surface area contributed by atoms with Crippen molar-refractivity contribution in [3.8, 4) is 0 Å². The summed E-state index contributed by atoms with van der Waals surface area (Å²) >= 11 is 0. The van der Waals surface area contributed by atoms with Gasteiger partial charge in [-0.2, -0.15) is 0 Å². The molecule has 0 heterocycles. The molecule has 0 rings (SSSR count). The first kappa shape index (κ1) is 24.4. The minimum Gasteiger partial charge on any atom is -0.146 e. The van der Waals surface area contributed by atoms with E-state index in [4.69, 9.17) is 92.8 Å². The predicted octanol–water partition coefficient (Wildman–Crippen LogP) is -8.04. The fraction of sp³-hybridized carbons (Fsp3) is 1.00. The molecule has 0 nitrogen and oxygen atoms in total. The summed E-state index contributed by atoms with van der Waals surface area (Å²) in [4.78, 5) is 0. The zero-order valence-corrected chi connectivity index (χ0v) is 13.3. The molecule has 0 saturated heterocycles. The smallest absolute Gasteiger partial charge is 0.0294 e. The minimum atomic E-state index is -0.925. The van der Waals surface area contributed by atoms with E-state index in [2.05, 4.69) is 0 Å². The van der Waals surface area contributed by atoms with E-state index in [-0.39, 0.29) is 0 Å². The molecule has 0 aromatic carbocycles. The normalized spacial score (nSPS) is 9.61. The first-order valence-electron chi connectivity index (χ1n) is 7.33. The van der Waals surface area contributed by atoms with Gasteiger partial charge in [-0.1, -0.05) is 0 Å². The molecule has 0 N–H and O–H groups in total. The molecule has 0 spiro atoms. The summed E-state index contributed by atoms with van der Waals surface area (Å²) in [5, 5.41) is 0. The van der Waals surface area contributed by atoms with Gasteiger partial charge in [-0.25, -0.2) is 0 Å². The van der Waals surface area contributed by atoms with E-state index < -0.39 is 63.4 Å². The van der Waals surface area contributed by atoms with E-state index >= 15 is 0 Å². The molecule has 22 heteroatoms. The van der Waals surface area contributed by atoms with Crippen molar-refractivity contribution in [1.82, 2.24) is 0 Å². The van der Waals surface area contributed by atoms with Crippen molar-refractivity contribution in [2.24, 2.45) is 0 Å². The Morgan fingerprint density at radius 2 is 0.739 bits per heavy atom. The van der Waals surface area contributed by atoms with Gasteiger partial charge in [-0.3, -0.25) is 0 Å². The molecule has 0 aromatic heterocycles. The second-order valence-electron chi connectivity index (χ2n) is 5.97. The lowest BCUT2D eigenvalue weighted by Crippen LogP contribution is -2.74. The van der Waals surface area contributed by atoms with Crippen LogP contribution in [0.5, 0.6) is 0 Å². The van der Waals surface area contributed by atoms with Crippen molar-refractivity contribution in [1.29, 1.82) is 0 Å². The summed E-state index contributed by atoms with van der Waals surface area (Å²) in [5.41, 5.74) is -0.648. The molecule has 0 unspecified atom stereocenters. The number of hydrogen-bond donors (Lipinski definition) is 0. The summed E-state index contributed by atoms with van der Waals surface area (Å²) in [6.07, 6.45) is -5.33. The molecule has 71 valence electrons. The van der Waals surface area contributed by atoms with Gasteiger partial charge in [0.05, 0.1) is 0 Å². The molecule has 0 fully saturated rings. The third kappa shape index (κ3) is 6.92. The summed E-state index contributed by atoms with van der Waals surface area (Å²) in [6.45, 7) is -2.05. The van der Waals surface area contributed by atoms with Crippen molar-refractivity contribution in [3.05, 3.63) is 0 Å². The van der Waals surface area contributed by atoms with Crippen molar-refractivity contribution in [3.63, 3.8) is 0 Å². The van der Waals surface area contributed by atoms with Crippen LogP contribution in [0.3, 0.4) is 0 Å². The molecule has 0 amide bonds. The molecule has 0 aromatic rings. The second-order valence-corrected chi connectivity index (χ2v) is 5.97. The van der Waals surface area contributed by atoms with Gasteiger partial charge in [0.1, 0.15) is 0 Å². The zero-order valence-electron chi connectivity index (χ0n) is 13.3. The van der Waals surface area contributed by atoms with Crippen molar-refractivity contribution < 1.29 is 0 Å². The lowest BCUT2D eigenvalue weighted by atomic mass is 8.52. The Labute approximate surface area is 163 Å². The van der Waals surface area contributed by atoms with Gasteiger partial charge in [0, 0.05) is 158 Å². The first-order valence-corrected chi connectivity index (χ1v) is 7.33. The van der Waals surface area contributed by atoms with Crippen molar-refractivity contribution in [2.75, 3.05) is 0 Å². The highest BCUT2D eigenvalue weighted by molar-refractivity contribution is 7.95. The average Bonchev–Trinajstić information content (AvgIpc) is 2.36. The van der Waals surface area contributed by atoms with Crippen LogP contribution in [0.2, 0.25) is 5.62 Å². The van der Waals surface area contributed by atoms with Gasteiger partial charge in [0.25, 0.3) is 0 Å². The Kier molecular flexibility index (Phi) is 11.9. The summed E-state index contributed by atoms with van der Waals surface area (Å²) in [6, 6.07) is 0. The van der Waals surface area contributed by atoms with Crippen LogP contribution in [-0.4, -0.2) is 158 Å². The Balaban J connectivity index is 6.12. The lowest BCUT2D eigenvalue weighted by molar-refractivity contribution is 1.80. The third-order valence-electron chi connectivity index (χ3n) is 4.22. The largest absolute Gasteiger partial charge is 0.146 e. The molecule has 0 aliphatic heterocycles. The van der Waals surface area contributed by atoms with E-state index in [1.54, 1.807) is 0 Å². The quantitative estimate of drug-likeness (QED) is 0.338. The van der Waals surface area contributed by atoms with E-state index in [1.807, 2.05) is 0 Å². The third-order valence-corrected chi connectivity index (χ3v) is 4.22. The number of hydrogen-bond acceptors (Lipinski definition) is 0. The van der Waals surface area contributed by atoms with Gasteiger partial charge in [0.15, 0.2) is 0 Å². The van der Waals surface area contributed by atoms with Crippen LogP contribution in [0.25, 0.3) is 0 Å². The zero-order chi connectivity index (χ0) is 18.5. The summed E-state index contributed by atoms with van der Waals surface area (Å²) in [5.74, 6) is 0. The molecule has 23 heavy (non-hydrogen) atoms. The van der Waals surface area contributed by atoms with Crippen molar-refractivity contribution in [2.45, 2.75) is 5.62 Å². The minimum absolute atomic E-state index is 0.648. The van der Waals surface area contributed by atoms with E-state index in [0.29, 0.717) is 0 Å². The average molecular weight is 251 g/mol. The van der Waals surface area contributed by atoms with Crippen LogP contribution in [0.1, 0.15) is 0 Å². The van der Waals surface area contributed by atoms with Crippen LogP contribution in [0, 0.1) is 0 Å². The molecular formula is CHB22. The van der Waals surface area contributed by atoms with Gasteiger partial charge in [-0.05, 0) is 0 Å². The summed E-state index contributed by atoms with van der Waals surface area (Å²) < 4.78 is 0. The highest BCUT2D eigenvalue weighted by Crippen LogP contribution is 2.23. The Bertz CT molecular complexity index is 267. The van der Waals surface area contributed by atoms with Crippen LogP contribution in [0.15, 0.2) is 0 Å². The van der Waals surface area contributed by atoms with Gasteiger partial charge < -0.3 is 0 Å². The fourth-order valence-corrected chi connectivity index (χ4v) is 3.21. The highest BCUT2D eigenvalue weighted by Gasteiger charge is 2.45. The summed E-state index contributed by atoms with van der Waals surface area (Å²) in [7, 11) is 71.4. The molecule has 0 atom stereocenters. The lowest BCUT2D eigenvalue weighted by Gasteiger charge is -2.47. The molecular weight excluding hydrogens is 250 g/mol. The topological polar surface area (TPSA) is 0 Å². The Morgan fingerprint density at radius 1 is 0.478 bits per heavy atom. The highest BCUT2D eigenvalue weighted by atomic mass is 13.6. The molecule has 0 aliphatic rings. The predicted molar refractivity (Wildman–Crippen MR) is 130 cm³/mol. The molecule has 0 aliphatic carbocycles. The SMILES string of the molecule is [B][B]B([B])B(B([B])[B])C(B(B([B])[B])B([B])[B])B(B([B])[B])B([B])[B]. The molecule has 0 saturated carbocycles. The standard InChI is InChI=1S/CHB22/c2-14-23(13)17(22(11)12)1(15(18(3)4)19(5)6)16(20(7)8)21(9)10/h1H. The molecule has 0 bridgehead atoms. The van der Waals surface area contributed by atoms with Crippen LogP contribution >= 0.6 is 0 Å². The van der Waals surface area contributed by atoms with Crippen LogP contribution in [0.4, 0.5) is 0 Å². The van der Waals surface area contributed by atoms with Crippen molar-refractivity contribution >= 4 is 158 Å². The van der Waals surface area contributed by atoms with Gasteiger partial charge in [0.2, 0.25) is 0 Å². The van der Waals surface area contributed by atoms with E-state index in [9.17, 15) is 0 Å². The van der Waals surface area contributed by atoms with Crippen LogP contribution in [-0.2, 0) is 0 Å². The van der Waals surface area contributed by atoms with E-state index in [0.717, 1.165) is 0 Å². The first-order chi connectivity index (χ1) is 10.5. The number of rotatable bonds is 10. The Hall–Kier alpha value is 1.43. The monoisotopic (exact) mass is 255 g/mol. The second kappa shape index (κ2) is 11.2. The van der Waals surface area contributed by atoms with E-state index in [1.165, 1.54) is 7.06 Å². The van der Waals surface area contributed by atoms with Gasteiger partial charge in [-0.15, -0.1) is 5.62 Å². The van der Waals surface area contributed by atoms with Gasteiger partial charge >= 0.3 is 0 Å².